The maximum atomic E-state index is 6.09. The monoisotopic (exact) mass is 348 g/mol. The predicted molar refractivity (Wildman–Crippen MR) is 109 cm³/mol. The molecule has 0 bridgehead atoms. The van der Waals surface area contributed by atoms with Crippen LogP contribution < -0.4 is 9.47 Å². The number of aryl methyl sites for hydroxylation is 1. The highest BCUT2D eigenvalue weighted by molar-refractivity contribution is 5.39. The molecule has 2 atom stereocenters. The number of benzene rings is 1. The van der Waals surface area contributed by atoms with Crippen LogP contribution >= 0.6 is 0 Å². The van der Waals surface area contributed by atoms with E-state index in [1.807, 2.05) is 0 Å². The second-order valence-corrected chi connectivity index (χ2v) is 7.38. The lowest BCUT2D eigenvalue weighted by Gasteiger charge is -2.18. The molecule has 0 aliphatic rings. The molecule has 1 aromatic carbocycles. The maximum absolute atomic E-state index is 6.09. The Morgan fingerprint density at radius 2 is 1.36 bits per heavy atom. The molecule has 0 aromatic heterocycles. The first kappa shape index (κ1) is 21.9. The zero-order valence-electron chi connectivity index (χ0n) is 17.3. The Balaban J connectivity index is 2.50. The van der Waals surface area contributed by atoms with Crippen LogP contribution in [0.2, 0.25) is 0 Å². The summed E-state index contributed by atoms with van der Waals surface area (Å²) in [6.45, 7) is 12.8. The molecule has 0 fully saturated rings. The van der Waals surface area contributed by atoms with E-state index >= 15 is 0 Å². The molecule has 0 heterocycles. The van der Waals surface area contributed by atoms with Crippen molar-refractivity contribution in [2.24, 2.45) is 11.8 Å². The minimum Gasteiger partial charge on any atom is -0.493 e. The van der Waals surface area contributed by atoms with Crippen molar-refractivity contribution in [3.8, 4) is 11.5 Å². The summed E-state index contributed by atoms with van der Waals surface area (Å²) in [6.07, 6.45) is 10.0. The number of rotatable bonds is 14. The topological polar surface area (TPSA) is 18.5 Å². The smallest absolute Gasteiger partial charge is 0.122 e. The van der Waals surface area contributed by atoms with Gasteiger partial charge in [0.15, 0.2) is 0 Å². The van der Waals surface area contributed by atoms with E-state index in [1.165, 1.54) is 56.9 Å². The summed E-state index contributed by atoms with van der Waals surface area (Å²) < 4.78 is 12.1. The molecular formula is C23H40O2. The van der Waals surface area contributed by atoms with Gasteiger partial charge in [0.2, 0.25) is 0 Å². The second kappa shape index (κ2) is 13.1. The highest BCUT2D eigenvalue weighted by Crippen LogP contribution is 2.26. The van der Waals surface area contributed by atoms with Gasteiger partial charge in [0, 0.05) is 0 Å². The molecular weight excluding hydrogens is 308 g/mol. The molecule has 0 aliphatic carbocycles. The molecule has 0 spiro atoms. The standard InChI is InChI=1S/C23H40O2/c1-6-10-12-20(8-3)17-24-22-14-15-23(19(5)16-22)25-18-21(9-4)13-11-7-2/h14-16,20-21H,6-13,17-18H2,1-5H3. The van der Waals surface area contributed by atoms with Gasteiger partial charge in [0.25, 0.3) is 0 Å². The van der Waals surface area contributed by atoms with Crippen LogP contribution in [0.25, 0.3) is 0 Å². The van der Waals surface area contributed by atoms with E-state index in [4.69, 9.17) is 9.47 Å². The number of unbranched alkanes of at least 4 members (excludes halogenated alkanes) is 2. The summed E-state index contributed by atoms with van der Waals surface area (Å²) in [7, 11) is 0. The quantitative estimate of drug-likeness (QED) is 0.354. The lowest BCUT2D eigenvalue weighted by molar-refractivity contribution is 0.227. The molecule has 0 N–H and O–H groups in total. The van der Waals surface area contributed by atoms with Crippen molar-refractivity contribution in [3.63, 3.8) is 0 Å². The number of ether oxygens (including phenoxy) is 2. The fraction of sp³-hybridized carbons (Fsp3) is 0.739. The molecule has 0 saturated carbocycles. The Kier molecular flexibility index (Phi) is 11.4. The van der Waals surface area contributed by atoms with Crippen LogP contribution in [0.3, 0.4) is 0 Å². The summed E-state index contributed by atoms with van der Waals surface area (Å²) in [5, 5.41) is 0. The van der Waals surface area contributed by atoms with Crippen LogP contribution in [0.4, 0.5) is 0 Å². The van der Waals surface area contributed by atoms with E-state index in [9.17, 15) is 0 Å². The van der Waals surface area contributed by atoms with Crippen molar-refractivity contribution in [1.29, 1.82) is 0 Å². The van der Waals surface area contributed by atoms with Gasteiger partial charge in [0.1, 0.15) is 11.5 Å². The molecule has 0 radical (unpaired) electrons. The third-order valence-electron chi connectivity index (χ3n) is 5.19. The van der Waals surface area contributed by atoms with Gasteiger partial charge < -0.3 is 9.47 Å². The van der Waals surface area contributed by atoms with Crippen LogP contribution in [-0.4, -0.2) is 13.2 Å². The summed E-state index contributed by atoms with van der Waals surface area (Å²) in [5.74, 6) is 3.30. The Morgan fingerprint density at radius 3 is 1.84 bits per heavy atom. The fourth-order valence-corrected chi connectivity index (χ4v) is 3.09. The summed E-state index contributed by atoms with van der Waals surface area (Å²) >= 11 is 0. The molecule has 0 aliphatic heterocycles. The summed E-state index contributed by atoms with van der Waals surface area (Å²) in [5.41, 5.74) is 1.17. The van der Waals surface area contributed by atoms with Crippen LogP contribution in [0.15, 0.2) is 18.2 Å². The van der Waals surface area contributed by atoms with Gasteiger partial charge >= 0.3 is 0 Å². The van der Waals surface area contributed by atoms with Gasteiger partial charge in [-0.25, -0.2) is 0 Å². The Hall–Kier alpha value is -1.18. The van der Waals surface area contributed by atoms with Gasteiger partial charge in [0.05, 0.1) is 13.2 Å². The van der Waals surface area contributed by atoms with Gasteiger partial charge in [-0.15, -0.1) is 0 Å². The highest BCUT2D eigenvalue weighted by Gasteiger charge is 2.10. The van der Waals surface area contributed by atoms with Gasteiger partial charge in [-0.3, -0.25) is 0 Å². The van der Waals surface area contributed by atoms with E-state index < -0.39 is 0 Å². The van der Waals surface area contributed by atoms with Crippen molar-refractivity contribution < 1.29 is 9.47 Å². The largest absolute Gasteiger partial charge is 0.493 e. The van der Waals surface area contributed by atoms with E-state index in [-0.39, 0.29) is 0 Å². The van der Waals surface area contributed by atoms with E-state index in [2.05, 4.69) is 52.8 Å². The SMILES string of the molecule is CCCCC(CC)COc1ccc(OCC(CC)CCCC)c(C)c1. The Bertz CT molecular complexity index is 455. The summed E-state index contributed by atoms with van der Waals surface area (Å²) in [6, 6.07) is 6.25. The molecule has 0 amide bonds. The second-order valence-electron chi connectivity index (χ2n) is 7.38. The molecule has 2 unspecified atom stereocenters. The van der Waals surface area contributed by atoms with Gasteiger partial charge in [-0.1, -0.05) is 66.2 Å². The first-order chi connectivity index (χ1) is 12.1. The van der Waals surface area contributed by atoms with Crippen LogP contribution in [-0.2, 0) is 0 Å². The minimum atomic E-state index is 0.666. The predicted octanol–water partition coefficient (Wildman–Crippen LogP) is 7.19. The molecule has 2 heteroatoms. The van der Waals surface area contributed by atoms with Crippen molar-refractivity contribution in [2.45, 2.75) is 86.0 Å². The molecule has 2 nitrogen and oxygen atoms in total. The third-order valence-corrected chi connectivity index (χ3v) is 5.19. The lowest BCUT2D eigenvalue weighted by atomic mass is 10.0. The minimum absolute atomic E-state index is 0.666. The van der Waals surface area contributed by atoms with E-state index in [1.54, 1.807) is 0 Å². The number of hydrogen-bond donors (Lipinski definition) is 0. The Labute approximate surface area is 156 Å². The molecule has 25 heavy (non-hydrogen) atoms. The zero-order valence-corrected chi connectivity index (χ0v) is 17.3. The third kappa shape index (κ3) is 8.65. The van der Waals surface area contributed by atoms with Crippen molar-refractivity contribution in [2.75, 3.05) is 13.2 Å². The highest BCUT2D eigenvalue weighted by atomic mass is 16.5. The normalized spacial score (nSPS) is 13.5. The average molecular weight is 349 g/mol. The molecule has 1 rings (SSSR count). The van der Waals surface area contributed by atoms with Crippen molar-refractivity contribution in [3.05, 3.63) is 23.8 Å². The fourth-order valence-electron chi connectivity index (χ4n) is 3.09. The summed E-state index contributed by atoms with van der Waals surface area (Å²) in [4.78, 5) is 0. The van der Waals surface area contributed by atoms with Crippen LogP contribution in [0.5, 0.6) is 11.5 Å². The molecule has 144 valence electrons. The Morgan fingerprint density at radius 1 is 0.800 bits per heavy atom. The first-order valence-electron chi connectivity index (χ1n) is 10.5. The lowest BCUT2D eigenvalue weighted by Crippen LogP contribution is -2.12. The average Bonchev–Trinajstić information content (AvgIpc) is 2.63. The van der Waals surface area contributed by atoms with Crippen molar-refractivity contribution >= 4 is 0 Å². The first-order valence-corrected chi connectivity index (χ1v) is 10.5. The zero-order chi connectivity index (χ0) is 18.5. The molecule has 1 aromatic rings. The molecule has 0 saturated heterocycles. The van der Waals surface area contributed by atoms with Gasteiger partial charge in [-0.05, 0) is 55.4 Å². The van der Waals surface area contributed by atoms with Crippen LogP contribution in [0, 0.1) is 18.8 Å². The maximum Gasteiger partial charge on any atom is 0.122 e. The van der Waals surface area contributed by atoms with E-state index in [0.29, 0.717) is 11.8 Å². The van der Waals surface area contributed by atoms with Crippen molar-refractivity contribution in [1.82, 2.24) is 0 Å². The van der Waals surface area contributed by atoms with E-state index in [0.717, 1.165) is 24.7 Å². The van der Waals surface area contributed by atoms with Gasteiger partial charge in [-0.2, -0.15) is 0 Å². The number of hydrogen-bond acceptors (Lipinski definition) is 2. The van der Waals surface area contributed by atoms with Crippen LogP contribution in [0.1, 0.15) is 84.6 Å².